The maximum atomic E-state index is 12.4. The zero-order valence-corrected chi connectivity index (χ0v) is 13.8. The fourth-order valence-corrected chi connectivity index (χ4v) is 3.89. The van der Waals surface area contributed by atoms with Crippen molar-refractivity contribution in [2.45, 2.75) is 18.8 Å². The van der Waals surface area contributed by atoms with Crippen molar-refractivity contribution in [2.24, 2.45) is 5.92 Å². The van der Waals surface area contributed by atoms with Crippen LogP contribution in [0.1, 0.15) is 34.9 Å². The number of likely N-dealkylation sites (tertiary alicyclic amines) is 1. The Labute approximate surface area is 144 Å². The van der Waals surface area contributed by atoms with E-state index in [1.807, 2.05) is 12.1 Å². The first-order valence-corrected chi connectivity index (χ1v) is 8.44. The number of anilines is 1. The molecular weight excluding hydrogens is 328 g/mol. The van der Waals surface area contributed by atoms with Crippen molar-refractivity contribution in [1.82, 2.24) is 4.90 Å². The van der Waals surface area contributed by atoms with Crippen molar-refractivity contribution in [3.8, 4) is 0 Å². The van der Waals surface area contributed by atoms with E-state index >= 15 is 0 Å². The largest absolute Gasteiger partial charge is 0.459 e. The lowest BCUT2D eigenvalue weighted by Crippen LogP contribution is -2.40. The van der Waals surface area contributed by atoms with Crippen molar-refractivity contribution in [3.63, 3.8) is 0 Å². The second-order valence-corrected chi connectivity index (χ2v) is 6.74. The monoisotopic (exact) mass is 344 g/mol. The molecule has 0 aliphatic carbocycles. The molecule has 1 fully saturated rings. The molecule has 1 atom stereocenters. The molecule has 1 N–H and O–H groups in total. The van der Waals surface area contributed by atoms with Crippen LogP contribution in [0.3, 0.4) is 0 Å². The molecule has 3 heterocycles. The number of halogens is 1. The summed E-state index contributed by atoms with van der Waals surface area (Å²) in [4.78, 5) is 26.5. The maximum absolute atomic E-state index is 12.4. The molecule has 2 amide bonds. The van der Waals surface area contributed by atoms with Crippen LogP contribution in [-0.2, 0) is 4.79 Å². The Hall–Kier alpha value is -2.27. The summed E-state index contributed by atoms with van der Waals surface area (Å²) in [6, 6.07) is 8.94. The van der Waals surface area contributed by atoms with E-state index in [-0.39, 0.29) is 23.7 Å². The first-order valence-electron chi connectivity index (χ1n) is 8.06. The molecule has 1 aromatic carbocycles. The summed E-state index contributed by atoms with van der Waals surface area (Å²) in [6.07, 6.45) is 3.10. The lowest BCUT2D eigenvalue weighted by Gasteiger charge is -2.33. The number of furan rings is 1. The first-order chi connectivity index (χ1) is 11.6. The molecule has 0 radical (unpaired) electrons. The molecule has 2 aliphatic heterocycles. The predicted octanol–water partition coefficient (Wildman–Crippen LogP) is 3.52. The molecule has 124 valence electrons. The van der Waals surface area contributed by atoms with Gasteiger partial charge in [-0.05, 0) is 48.6 Å². The minimum Gasteiger partial charge on any atom is -0.459 e. The Morgan fingerprint density at radius 2 is 2.04 bits per heavy atom. The van der Waals surface area contributed by atoms with Gasteiger partial charge in [0.1, 0.15) is 0 Å². The predicted molar refractivity (Wildman–Crippen MR) is 90.2 cm³/mol. The van der Waals surface area contributed by atoms with Gasteiger partial charge in [-0.25, -0.2) is 0 Å². The van der Waals surface area contributed by atoms with Gasteiger partial charge in [-0.2, -0.15) is 0 Å². The highest BCUT2D eigenvalue weighted by Gasteiger charge is 2.39. The summed E-state index contributed by atoms with van der Waals surface area (Å²) >= 11 is 6.00. The van der Waals surface area contributed by atoms with Crippen LogP contribution in [0.25, 0.3) is 0 Å². The number of amides is 2. The molecule has 0 bridgehead atoms. The standard InChI is InChI=1S/C18H17ClN2O3/c19-12-3-4-13-14(10-12)20-17(22)16(13)11-5-7-21(8-6-11)18(23)15-2-1-9-24-15/h1-4,9-11,16H,5-8H2,(H,20,22). The third-order valence-corrected chi connectivity index (χ3v) is 5.16. The fraction of sp³-hybridized carbons (Fsp3) is 0.333. The summed E-state index contributed by atoms with van der Waals surface area (Å²) < 4.78 is 5.18. The third-order valence-electron chi connectivity index (χ3n) is 4.92. The van der Waals surface area contributed by atoms with Gasteiger partial charge in [0.05, 0.1) is 12.2 Å². The number of nitrogens with one attached hydrogen (secondary N) is 1. The van der Waals surface area contributed by atoms with Crippen molar-refractivity contribution in [3.05, 3.63) is 52.9 Å². The highest BCUT2D eigenvalue weighted by molar-refractivity contribution is 6.31. The molecule has 24 heavy (non-hydrogen) atoms. The minimum atomic E-state index is -0.155. The minimum absolute atomic E-state index is 0.0306. The summed E-state index contributed by atoms with van der Waals surface area (Å²) in [5.74, 6) is 0.392. The molecule has 0 saturated carbocycles. The van der Waals surface area contributed by atoms with E-state index in [0.717, 1.165) is 24.1 Å². The number of rotatable bonds is 2. The van der Waals surface area contributed by atoms with E-state index in [2.05, 4.69) is 5.32 Å². The lowest BCUT2D eigenvalue weighted by atomic mass is 9.80. The Morgan fingerprint density at radius 3 is 2.75 bits per heavy atom. The van der Waals surface area contributed by atoms with Crippen LogP contribution >= 0.6 is 11.6 Å². The van der Waals surface area contributed by atoms with E-state index < -0.39 is 0 Å². The normalized spacial score (nSPS) is 20.8. The Kier molecular flexibility index (Phi) is 3.81. The Balaban J connectivity index is 1.47. The van der Waals surface area contributed by atoms with Crippen LogP contribution in [0, 0.1) is 5.92 Å². The number of nitrogens with zero attached hydrogens (tertiary/aromatic N) is 1. The molecule has 1 aromatic heterocycles. The Morgan fingerprint density at radius 1 is 1.25 bits per heavy atom. The molecular formula is C18H17ClN2O3. The van der Waals surface area contributed by atoms with Gasteiger partial charge in [-0.1, -0.05) is 17.7 Å². The van der Waals surface area contributed by atoms with Crippen molar-refractivity contribution in [2.75, 3.05) is 18.4 Å². The van der Waals surface area contributed by atoms with Gasteiger partial charge >= 0.3 is 0 Å². The number of hydrogen-bond donors (Lipinski definition) is 1. The number of piperidine rings is 1. The van der Waals surface area contributed by atoms with Gasteiger partial charge in [0.2, 0.25) is 5.91 Å². The second kappa shape index (κ2) is 5.98. The van der Waals surface area contributed by atoms with Crippen LogP contribution in [0.2, 0.25) is 5.02 Å². The smallest absolute Gasteiger partial charge is 0.289 e. The third kappa shape index (κ3) is 2.59. The zero-order valence-electron chi connectivity index (χ0n) is 13.0. The highest BCUT2D eigenvalue weighted by atomic mass is 35.5. The van der Waals surface area contributed by atoms with Crippen LogP contribution in [-0.4, -0.2) is 29.8 Å². The first kappa shape index (κ1) is 15.3. The van der Waals surface area contributed by atoms with Gasteiger partial charge in [0.25, 0.3) is 5.91 Å². The Bertz CT molecular complexity index is 780. The summed E-state index contributed by atoms with van der Waals surface area (Å²) in [7, 11) is 0. The number of hydrogen-bond acceptors (Lipinski definition) is 3. The average Bonchev–Trinajstić information content (AvgIpc) is 3.21. The summed E-state index contributed by atoms with van der Waals surface area (Å²) in [6.45, 7) is 1.27. The molecule has 2 aliphatic rings. The van der Waals surface area contributed by atoms with Gasteiger partial charge in [0, 0.05) is 23.8 Å². The SMILES string of the molecule is O=C1Nc2cc(Cl)ccc2C1C1CCN(C(=O)c2ccco2)CC1. The molecule has 5 nitrogen and oxygen atoms in total. The van der Waals surface area contributed by atoms with Crippen molar-refractivity contribution >= 4 is 29.1 Å². The van der Waals surface area contributed by atoms with Crippen LogP contribution in [0.4, 0.5) is 5.69 Å². The molecule has 1 saturated heterocycles. The molecule has 4 rings (SSSR count). The number of carbonyl (C=O) groups excluding carboxylic acids is 2. The van der Waals surface area contributed by atoms with E-state index in [0.29, 0.717) is 23.9 Å². The molecule has 0 spiro atoms. The van der Waals surface area contributed by atoms with Crippen molar-refractivity contribution < 1.29 is 14.0 Å². The van der Waals surface area contributed by atoms with Gasteiger partial charge in [-0.15, -0.1) is 0 Å². The van der Waals surface area contributed by atoms with E-state index in [1.165, 1.54) is 6.26 Å². The van der Waals surface area contributed by atoms with Gasteiger partial charge in [-0.3, -0.25) is 9.59 Å². The van der Waals surface area contributed by atoms with E-state index in [1.54, 1.807) is 23.1 Å². The number of fused-ring (bicyclic) bond motifs is 1. The molecule has 2 aromatic rings. The maximum Gasteiger partial charge on any atom is 0.289 e. The van der Waals surface area contributed by atoms with Gasteiger partial charge in [0.15, 0.2) is 5.76 Å². The topological polar surface area (TPSA) is 62.6 Å². The second-order valence-electron chi connectivity index (χ2n) is 6.31. The fourth-order valence-electron chi connectivity index (χ4n) is 3.72. The van der Waals surface area contributed by atoms with Gasteiger partial charge < -0.3 is 14.6 Å². The summed E-state index contributed by atoms with van der Waals surface area (Å²) in [5.41, 5.74) is 1.83. The zero-order chi connectivity index (χ0) is 16.7. The molecule has 1 unspecified atom stereocenters. The van der Waals surface area contributed by atoms with Crippen LogP contribution < -0.4 is 5.32 Å². The van der Waals surface area contributed by atoms with E-state index in [4.69, 9.17) is 16.0 Å². The number of carbonyl (C=O) groups is 2. The van der Waals surface area contributed by atoms with Crippen LogP contribution in [0.5, 0.6) is 0 Å². The number of benzene rings is 1. The molecule has 6 heteroatoms. The lowest BCUT2D eigenvalue weighted by molar-refractivity contribution is -0.118. The van der Waals surface area contributed by atoms with Crippen molar-refractivity contribution in [1.29, 1.82) is 0 Å². The quantitative estimate of drug-likeness (QED) is 0.906. The summed E-state index contributed by atoms with van der Waals surface area (Å²) in [5, 5.41) is 3.54. The highest BCUT2D eigenvalue weighted by Crippen LogP contribution is 2.42. The van der Waals surface area contributed by atoms with Crippen LogP contribution in [0.15, 0.2) is 41.0 Å². The van der Waals surface area contributed by atoms with E-state index in [9.17, 15) is 9.59 Å². The average molecular weight is 345 g/mol.